The van der Waals surface area contributed by atoms with Crippen molar-refractivity contribution in [2.45, 2.75) is 117 Å². The van der Waals surface area contributed by atoms with E-state index in [4.69, 9.17) is 19.2 Å². The lowest BCUT2D eigenvalue weighted by Gasteiger charge is -2.38. The maximum absolute atomic E-state index is 14.7. The van der Waals surface area contributed by atoms with Crippen LogP contribution in [-0.4, -0.2) is 137 Å². The van der Waals surface area contributed by atoms with E-state index in [0.29, 0.717) is 75.6 Å². The number of rotatable bonds is 11. The van der Waals surface area contributed by atoms with Crippen molar-refractivity contribution >= 4 is 45.9 Å². The first-order valence-electron chi connectivity index (χ1n) is 23.8. The fourth-order valence-corrected chi connectivity index (χ4v) is 9.63. The van der Waals surface area contributed by atoms with Crippen LogP contribution in [0.25, 0.3) is 33.4 Å². The molecule has 0 aliphatic carbocycles. The summed E-state index contributed by atoms with van der Waals surface area (Å²) < 4.78 is 63.1. The lowest BCUT2D eigenvalue weighted by atomic mass is 9.84. The minimum atomic E-state index is -4.58. The van der Waals surface area contributed by atoms with Gasteiger partial charge in [-0.2, -0.15) is 13.2 Å². The first-order chi connectivity index (χ1) is 32.9. The van der Waals surface area contributed by atoms with Crippen molar-refractivity contribution in [2.75, 3.05) is 54.1 Å². The Morgan fingerprint density at radius 3 is 2.56 bits per heavy atom. The Kier molecular flexibility index (Phi) is 15.8. The predicted octanol–water partition coefficient (Wildman–Crippen LogP) is 6.59. The number of carbonyl (C=O) groups is 4. The van der Waals surface area contributed by atoms with Gasteiger partial charge < -0.3 is 29.0 Å². The van der Waals surface area contributed by atoms with Crippen molar-refractivity contribution < 1.29 is 46.6 Å². The van der Waals surface area contributed by atoms with Crippen molar-refractivity contribution in [2.24, 2.45) is 17.3 Å². The van der Waals surface area contributed by atoms with Crippen LogP contribution in [0.1, 0.15) is 83.7 Å². The Morgan fingerprint density at radius 1 is 1.13 bits per heavy atom. The van der Waals surface area contributed by atoms with Crippen LogP contribution < -0.4 is 10.7 Å². The highest BCUT2D eigenvalue weighted by Crippen LogP contribution is 2.43. The summed E-state index contributed by atoms with van der Waals surface area (Å²) in [6.45, 7) is 12.9. The molecule has 15 nitrogen and oxygen atoms in total. The largest absolute Gasteiger partial charge is 0.464 e. The number of thiazole rings is 1. The number of nitrogens with zero attached hydrogens (tertiary/aromatic N) is 6. The number of hydrogen-bond acceptors (Lipinski definition) is 12. The molecule has 2 N–H and O–H groups in total. The highest BCUT2D eigenvalue weighted by molar-refractivity contribution is 7.10. The summed E-state index contributed by atoms with van der Waals surface area (Å²) in [5, 5.41) is 7.30. The number of hydrogen-bond donors (Lipinski definition) is 2. The molecule has 3 aliphatic rings. The highest BCUT2D eigenvalue weighted by atomic mass is 32.1. The smallest absolute Gasteiger partial charge is 0.406 e. The second kappa shape index (κ2) is 21.1. The van der Waals surface area contributed by atoms with E-state index in [1.165, 1.54) is 28.0 Å². The quantitative estimate of drug-likeness (QED) is 0.123. The van der Waals surface area contributed by atoms with Gasteiger partial charge in [-0.3, -0.25) is 34.1 Å². The standard InChI is InChI=1S/C51H65F3N8O7S/c1-30(2)37(26-68-33-24-60(25-33)43(63)17-18-50(6,7)59(8)9)46(64)57-39-22-42-56-40(27-70-42)32-15-16-41-35(21-32)36(23-49(4,5)29-69-48(66)38-14-12-20-62(58-38)47(39)65)45(61(41)28-51(52,53)54)34-13-11-19-55-44(34)31(3)67-10/h11,13,15-16,19,21,27,30-31,33,37-39,58H,12,14,20,22-26,28-29H2,1-10H3,(H,57,64)/t31-,37?,38-,39-/m0/s1. The summed E-state index contributed by atoms with van der Waals surface area (Å²) in [4.78, 5) is 68.5. The number of methoxy groups -OCH3 is 1. The number of esters is 1. The Bertz CT molecular complexity index is 2640. The Labute approximate surface area is 411 Å². The first-order valence-corrected chi connectivity index (χ1v) is 24.6. The fourth-order valence-electron chi connectivity index (χ4n) is 8.78. The van der Waals surface area contributed by atoms with Gasteiger partial charge in [-0.25, -0.2) is 10.4 Å². The van der Waals surface area contributed by atoms with Crippen LogP contribution in [0.2, 0.25) is 0 Å². The van der Waals surface area contributed by atoms with Gasteiger partial charge in [0.1, 0.15) is 18.6 Å². The molecule has 378 valence electrons. The SMILES string of the molecule is CO[C@@H](C)c1ncccc1-c1c2c3cc(ccc3n1CC(F)(F)F)-c1csc(n1)C[C@H](NC(=O)C(COC1CN(C(=O)C#CC(C)(C)N(C)C)C1)C(C)C)C(=O)N1CCC[C@H](N1)C(=O)OCC(C)(C)C2. The number of nitrogens with one attached hydrogen (secondary N) is 2. The number of likely N-dealkylation sites (tertiary alicyclic amines) is 1. The number of pyridine rings is 1. The molecular weight excluding hydrogens is 926 g/mol. The van der Waals surface area contributed by atoms with Gasteiger partial charge in [-0.15, -0.1) is 11.3 Å². The molecule has 1 unspecified atom stereocenters. The van der Waals surface area contributed by atoms with E-state index in [9.17, 15) is 32.3 Å². The number of fused-ring (bicyclic) bond motifs is 6. The normalized spacial score (nSPS) is 20.1. The van der Waals surface area contributed by atoms with E-state index in [-0.39, 0.29) is 50.5 Å². The average Bonchev–Trinajstić information content (AvgIpc) is 3.87. The molecule has 6 bridgehead atoms. The minimum Gasteiger partial charge on any atom is -0.464 e. The molecule has 1 aromatic carbocycles. The zero-order chi connectivity index (χ0) is 50.9. The number of benzene rings is 1. The summed E-state index contributed by atoms with van der Waals surface area (Å²) in [7, 11) is 5.31. The molecule has 19 heteroatoms. The van der Waals surface area contributed by atoms with Crippen molar-refractivity contribution in [1.29, 1.82) is 0 Å². The Balaban J connectivity index is 1.21. The van der Waals surface area contributed by atoms with Crippen molar-refractivity contribution in [3.05, 3.63) is 58.2 Å². The van der Waals surface area contributed by atoms with Gasteiger partial charge in [0.2, 0.25) is 5.91 Å². The molecule has 4 atom stereocenters. The molecule has 2 fully saturated rings. The van der Waals surface area contributed by atoms with E-state index >= 15 is 0 Å². The van der Waals surface area contributed by atoms with Crippen LogP contribution in [0.15, 0.2) is 41.9 Å². The van der Waals surface area contributed by atoms with Crippen LogP contribution in [0, 0.1) is 29.1 Å². The summed E-state index contributed by atoms with van der Waals surface area (Å²) in [5.74, 6) is 3.17. The molecule has 70 heavy (non-hydrogen) atoms. The molecule has 6 heterocycles. The minimum absolute atomic E-state index is 0.00876. The maximum atomic E-state index is 14.7. The average molecular weight is 991 g/mol. The molecule has 7 rings (SSSR count). The van der Waals surface area contributed by atoms with Gasteiger partial charge in [-0.05, 0) is 95.8 Å². The van der Waals surface area contributed by atoms with Crippen molar-refractivity contribution in [3.8, 4) is 34.4 Å². The number of carbonyl (C=O) groups excluding carboxylic acids is 4. The summed E-state index contributed by atoms with van der Waals surface area (Å²) in [6, 6.07) is 6.71. The van der Waals surface area contributed by atoms with Gasteiger partial charge in [0, 0.05) is 72.2 Å². The molecule has 0 saturated carbocycles. The van der Waals surface area contributed by atoms with E-state index in [1.54, 1.807) is 42.3 Å². The van der Waals surface area contributed by atoms with Crippen molar-refractivity contribution in [3.63, 3.8) is 0 Å². The number of halogens is 3. The van der Waals surface area contributed by atoms with Gasteiger partial charge in [0.05, 0.1) is 59.0 Å². The number of cyclic esters (lactones) is 1. The highest BCUT2D eigenvalue weighted by Gasteiger charge is 2.39. The van der Waals surface area contributed by atoms with Crippen molar-refractivity contribution in [1.82, 2.24) is 40.1 Å². The number of hydrazine groups is 1. The molecule has 0 radical (unpaired) electrons. The monoisotopic (exact) mass is 990 g/mol. The zero-order valence-corrected chi connectivity index (χ0v) is 42.5. The second-order valence-electron chi connectivity index (χ2n) is 20.4. The molecule has 4 aromatic rings. The van der Waals surface area contributed by atoms with Crippen LogP contribution in [-0.2, 0) is 52.8 Å². The molecule has 0 spiro atoms. The Hall–Kier alpha value is -5.39. The molecule has 3 aliphatic heterocycles. The number of amides is 3. The molecule has 3 aromatic heterocycles. The van der Waals surface area contributed by atoms with Crippen LogP contribution in [0.5, 0.6) is 0 Å². The third-order valence-electron chi connectivity index (χ3n) is 13.6. The zero-order valence-electron chi connectivity index (χ0n) is 41.7. The lowest BCUT2D eigenvalue weighted by molar-refractivity contribution is -0.155. The van der Waals surface area contributed by atoms with Gasteiger partial charge in [-0.1, -0.05) is 39.7 Å². The topological polar surface area (TPSA) is 160 Å². The van der Waals surface area contributed by atoms with E-state index in [0.717, 1.165) is 0 Å². The summed E-state index contributed by atoms with van der Waals surface area (Å²) in [5.41, 5.74) is 5.26. The third kappa shape index (κ3) is 12.0. The maximum Gasteiger partial charge on any atom is 0.406 e. The third-order valence-corrected chi connectivity index (χ3v) is 14.4. The van der Waals surface area contributed by atoms with Crippen LogP contribution in [0.4, 0.5) is 13.2 Å². The predicted molar refractivity (Wildman–Crippen MR) is 260 cm³/mol. The molecule has 3 amide bonds. The van der Waals surface area contributed by atoms with E-state index < -0.39 is 65.6 Å². The Morgan fingerprint density at radius 2 is 1.87 bits per heavy atom. The van der Waals surface area contributed by atoms with Crippen LogP contribution in [0.3, 0.4) is 0 Å². The second-order valence-corrected chi connectivity index (χ2v) is 21.4. The van der Waals surface area contributed by atoms with Crippen LogP contribution >= 0.6 is 11.3 Å². The van der Waals surface area contributed by atoms with E-state index in [1.807, 2.05) is 72.0 Å². The van der Waals surface area contributed by atoms with Gasteiger partial charge in [0.25, 0.3) is 11.8 Å². The summed E-state index contributed by atoms with van der Waals surface area (Å²) in [6.07, 6.45) is -2.75. The number of aromatic nitrogens is 3. The molecule has 2 saturated heterocycles. The molecular formula is C51H65F3N8O7S. The first kappa shape index (κ1) is 52.4. The number of alkyl halides is 3. The fraction of sp³-hybridized carbons (Fsp3) is 0.569. The van der Waals surface area contributed by atoms with E-state index in [2.05, 4.69) is 27.6 Å². The van der Waals surface area contributed by atoms with Gasteiger partial charge >= 0.3 is 12.1 Å². The number of ether oxygens (including phenoxy) is 3. The van der Waals surface area contributed by atoms with Gasteiger partial charge in [0.15, 0.2) is 0 Å². The lowest BCUT2D eigenvalue weighted by Crippen LogP contribution is -2.61. The summed E-state index contributed by atoms with van der Waals surface area (Å²) >= 11 is 1.29.